The van der Waals surface area contributed by atoms with Gasteiger partial charge in [-0.05, 0) is 33.4 Å². The van der Waals surface area contributed by atoms with E-state index in [-0.39, 0.29) is 5.41 Å². The van der Waals surface area contributed by atoms with Crippen molar-refractivity contribution in [2.24, 2.45) is 5.41 Å². The molecular weight excluding hydrogens is 279 g/mol. The highest BCUT2D eigenvalue weighted by atomic mass is 16.3. The summed E-state index contributed by atoms with van der Waals surface area (Å²) in [6.45, 7) is 6.46. The predicted molar refractivity (Wildman–Crippen MR) is 103 cm³/mol. The van der Waals surface area contributed by atoms with E-state index in [9.17, 15) is 5.11 Å². The summed E-state index contributed by atoms with van der Waals surface area (Å²) in [7, 11) is 0.578. The van der Waals surface area contributed by atoms with Crippen LogP contribution in [0.2, 0.25) is 0 Å². The fraction of sp³-hybridized carbons (Fsp3) is 0.238. The molecule has 0 aromatic heterocycles. The molecule has 0 fully saturated rings. The van der Waals surface area contributed by atoms with Gasteiger partial charge in [-0.25, -0.2) is 0 Å². The molecular formula is C21H23BO. The zero-order chi connectivity index (χ0) is 16.4. The van der Waals surface area contributed by atoms with Crippen molar-refractivity contribution in [3.05, 3.63) is 66.3 Å². The zero-order valence-electron chi connectivity index (χ0n) is 14.1. The minimum absolute atomic E-state index is 0.0245. The topological polar surface area (TPSA) is 20.2 Å². The Hall–Kier alpha value is -2.22. The van der Waals surface area contributed by atoms with Gasteiger partial charge in [-0.1, -0.05) is 86.9 Å². The van der Waals surface area contributed by atoms with E-state index in [1.54, 1.807) is 0 Å². The number of benzene rings is 3. The van der Waals surface area contributed by atoms with E-state index in [0.717, 1.165) is 6.42 Å². The minimum Gasteiger partial charge on any atom is -0.523 e. The summed E-state index contributed by atoms with van der Waals surface area (Å²) in [5.74, 6) is 0. The first-order valence-corrected chi connectivity index (χ1v) is 8.30. The largest absolute Gasteiger partial charge is 0.523 e. The second kappa shape index (κ2) is 6.12. The second-order valence-electron chi connectivity index (χ2n) is 6.96. The second-order valence-corrected chi connectivity index (χ2v) is 6.96. The maximum atomic E-state index is 10.5. The molecule has 0 saturated heterocycles. The molecule has 2 heteroatoms. The van der Waals surface area contributed by atoms with Crippen molar-refractivity contribution >= 4 is 34.3 Å². The predicted octanol–water partition coefficient (Wildman–Crippen LogP) is 4.89. The van der Waals surface area contributed by atoms with Gasteiger partial charge in [0.15, 0.2) is 0 Å². The van der Waals surface area contributed by atoms with Crippen molar-refractivity contribution in [3.63, 3.8) is 0 Å². The Morgan fingerprint density at radius 1 is 1.00 bits per heavy atom. The summed E-state index contributed by atoms with van der Waals surface area (Å²) in [5.41, 5.74) is 1.66. The number of allylic oxidation sites excluding steroid dienone is 1. The number of aliphatic hydroxyl groups is 1. The molecule has 1 N–H and O–H groups in total. The van der Waals surface area contributed by atoms with Gasteiger partial charge in [-0.2, -0.15) is 0 Å². The van der Waals surface area contributed by atoms with Crippen LogP contribution in [0.15, 0.2) is 66.3 Å². The van der Waals surface area contributed by atoms with Crippen molar-refractivity contribution in [2.75, 3.05) is 0 Å². The third-order valence-electron chi connectivity index (χ3n) is 4.69. The molecule has 3 aromatic rings. The number of rotatable bonds is 4. The Labute approximate surface area is 138 Å². The molecule has 116 valence electrons. The minimum atomic E-state index is 0.0245. The van der Waals surface area contributed by atoms with Crippen LogP contribution in [-0.4, -0.2) is 12.4 Å². The average molecular weight is 302 g/mol. The third kappa shape index (κ3) is 3.26. The van der Waals surface area contributed by atoms with Crippen LogP contribution in [0.3, 0.4) is 0 Å². The van der Waals surface area contributed by atoms with Gasteiger partial charge in [0.2, 0.25) is 7.28 Å². The van der Waals surface area contributed by atoms with Gasteiger partial charge in [0.1, 0.15) is 0 Å². The highest BCUT2D eigenvalue weighted by Crippen LogP contribution is 2.25. The van der Waals surface area contributed by atoms with Crippen molar-refractivity contribution in [3.8, 4) is 0 Å². The summed E-state index contributed by atoms with van der Waals surface area (Å²) in [6.07, 6.45) is 3.01. The van der Waals surface area contributed by atoms with E-state index >= 15 is 0 Å². The molecule has 0 spiro atoms. The highest BCUT2D eigenvalue weighted by Gasteiger charge is 2.15. The lowest BCUT2D eigenvalue weighted by Crippen LogP contribution is -2.19. The Morgan fingerprint density at radius 2 is 1.61 bits per heavy atom. The van der Waals surface area contributed by atoms with E-state index in [4.69, 9.17) is 0 Å². The smallest absolute Gasteiger partial charge is 0.237 e. The van der Waals surface area contributed by atoms with Gasteiger partial charge >= 0.3 is 0 Å². The molecule has 0 bridgehead atoms. The van der Waals surface area contributed by atoms with E-state index in [0.29, 0.717) is 12.9 Å². The van der Waals surface area contributed by atoms with Crippen LogP contribution in [0.1, 0.15) is 27.2 Å². The molecule has 0 radical (unpaired) electrons. The molecule has 23 heavy (non-hydrogen) atoms. The molecule has 0 saturated carbocycles. The summed E-state index contributed by atoms with van der Waals surface area (Å²) in [5, 5.41) is 15.4. The molecule has 0 amide bonds. The van der Waals surface area contributed by atoms with Gasteiger partial charge in [-0.15, -0.1) is 0 Å². The van der Waals surface area contributed by atoms with Crippen LogP contribution >= 0.6 is 0 Å². The molecule has 0 atom stereocenters. The molecule has 0 aliphatic carbocycles. The van der Waals surface area contributed by atoms with Gasteiger partial charge in [0.05, 0.1) is 5.66 Å². The van der Waals surface area contributed by atoms with Gasteiger partial charge in [0.25, 0.3) is 0 Å². The summed E-state index contributed by atoms with van der Waals surface area (Å²) >= 11 is 0. The number of hydrogen-bond donors (Lipinski definition) is 1. The Morgan fingerprint density at radius 3 is 2.30 bits per heavy atom. The van der Waals surface area contributed by atoms with Crippen molar-refractivity contribution in [2.45, 2.75) is 27.2 Å². The lowest BCUT2D eigenvalue weighted by molar-refractivity contribution is 0.405. The maximum absolute atomic E-state index is 10.5. The van der Waals surface area contributed by atoms with Crippen LogP contribution in [0.5, 0.6) is 0 Å². The lowest BCUT2D eigenvalue weighted by atomic mass is 9.64. The van der Waals surface area contributed by atoms with Crippen molar-refractivity contribution in [1.29, 1.82) is 0 Å². The lowest BCUT2D eigenvalue weighted by Gasteiger charge is -2.18. The van der Waals surface area contributed by atoms with E-state index in [1.165, 1.54) is 27.0 Å². The first-order chi connectivity index (χ1) is 11.0. The van der Waals surface area contributed by atoms with E-state index < -0.39 is 0 Å². The summed E-state index contributed by atoms with van der Waals surface area (Å²) in [6, 6.07) is 19.1. The highest BCUT2D eigenvalue weighted by molar-refractivity contribution is 6.63. The number of aliphatic hydroxyl groups excluding tert-OH is 1. The van der Waals surface area contributed by atoms with Gasteiger partial charge in [-0.3, -0.25) is 0 Å². The van der Waals surface area contributed by atoms with Gasteiger partial charge in [0, 0.05) is 0 Å². The first-order valence-electron chi connectivity index (χ1n) is 8.30. The fourth-order valence-corrected chi connectivity index (χ4v) is 3.08. The van der Waals surface area contributed by atoms with Gasteiger partial charge < -0.3 is 5.11 Å². The maximum Gasteiger partial charge on any atom is 0.237 e. The molecule has 3 aromatic carbocycles. The van der Waals surface area contributed by atoms with Crippen molar-refractivity contribution in [1.82, 2.24) is 0 Å². The Bertz CT molecular complexity index is 877. The molecule has 0 unspecified atom stereocenters. The molecule has 0 aliphatic rings. The summed E-state index contributed by atoms with van der Waals surface area (Å²) < 4.78 is 0. The molecule has 0 heterocycles. The van der Waals surface area contributed by atoms with Crippen LogP contribution in [0, 0.1) is 5.41 Å². The van der Waals surface area contributed by atoms with Crippen LogP contribution < -0.4 is 5.46 Å². The quantitative estimate of drug-likeness (QED) is 0.413. The zero-order valence-corrected chi connectivity index (χ0v) is 14.1. The van der Waals surface area contributed by atoms with Crippen LogP contribution in [0.4, 0.5) is 0 Å². The number of fused-ring (bicyclic) bond motifs is 3. The first kappa shape index (κ1) is 15.7. The summed E-state index contributed by atoms with van der Waals surface area (Å²) in [4.78, 5) is 0. The van der Waals surface area contributed by atoms with Crippen LogP contribution in [-0.2, 0) is 0 Å². The monoisotopic (exact) mass is 302 g/mol. The SMILES string of the molecule is CCC(C)(C)/C=C(/O)Bc1cc2ccccc2c2ccccc12. The number of hydrogen-bond acceptors (Lipinski definition) is 1. The standard InChI is InChI=1S/C21H23BO/c1-4-21(2,3)14-20(23)22-19-13-15-9-5-6-10-16(15)17-11-7-8-12-18(17)19/h5-14,22-23H,4H2,1-3H3/b20-14+. The molecule has 3 rings (SSSR count). The third-order valence-corrected chi connectivity index (χ3v) is 4.69. The van der Waals surface area contributed by atoms with Crippen molar-refractivity contribution < 1.29 is 5.11 Å². The Kier molecular flexibility index (Phi) is 4.17. The fourth-order valence-electron chi connectivity index (χ4n) is 3.08. The normalized spacial score (nSPS) is 12.7. The van der Waals surface area contributed by atoms with E-state index in [1.807, 2.05) is 6.08 Å². The Balaban J connectivity index is 2.13. The van der Waals surface area contributed by atoms with Crippen LogP contribution in [0.25, 0.3) is 21.5 Å². The average Bonchev–Trinajstić information content (AvgIpc) is 2.54. The van der Waals surface area contributed by atoms with E-state index in [2.05, 4.69) is 75.4 Å². The molecule has 1 nitrogen and oxygen atoms in total. The molecule has 0 aliphatic heterocycles.